The van der Waals surface area contributed by atoms with Crippen LogP contribution in [0.2, 0.25) is 0 Å². The van der Waals surface area contributed by atoms with Crippen LogP contribution < -0.4 is 5.32 Å². The topological polar surface area (TPSA) is 70.2 Å². The molecule has 6 heteroatoms. The minimum Gasteiger partial charge on any atom is -0.371 e. The highest BCUT2D eigenvalue weighted by molar-refractivity contribution is 5.93. The first kappa shape index (κ1) is 17.6. The van der Waals surface area contributed by atoms with Crippen molar-refractivity contribution in [2.75, 3.05) is 25.0 Å². The molecule has 1 aliphatic heterocycles. The lowest BCUT2D eigenvalue weighted by atomic mass is 10.0. The highest BCUT2D eigenvalue weighted by Gasteiger charge is 2.29. The van der Waals surface area contributed by atoms with Gasteiger partial charge in [0.25, 0.3) is 0 Å². The van der Waals surface area contributed by atoms with Gasteiger partial charge in [-0.25, -0.2) is 0 Å². The van der Waals surface area contributed by atoms with Gasteiger partial charge in [-0.2, -0.15) is 5.10 Å². The summed E-state index contributed by atoms with van der Waals surface area (Å²) in [6, 6.07) is 8.47. The highest BCUT2D eigenvalue weighted by Crippen LogP contribution is 2.27. The fourth-order valence-electron chi connectivity index (χ4n) is 3.26. The van der Waals surface area contributed by atoms with E-state index in [1.807, 2.05) is 26.0 Å². The van der Waals surface area contributed by atoms with Crippen LogP contribution in [0.25, 0.3) is 0 Å². The largest absolute Gasteiger partial charge is 0.371 e. The molecule has 2 heterocycles. The minimum absolute atomic E-state index is 0.00241. The number of morpholine rings is 1. The van der Waals surface area contributed by atoms with Gasteiger partial charge < -0.3 is 10.1 Å². The number of nitrogens with one attached hydrogen (secondary N) is 2. The number of aromatic nitrogens is 2. The number of anilines is 1. The van der Waals surface area contributed by atoms with E-state index >= 15 is 0 Å². The third kappa shape index (κ3) is 3.91. The Morgan fingerprint density at radius 3 is 2.80 bits per heavy atom. The van der Waals surface area contributed by atoms with Crippen LogP contribution in [0, 0.1) is 20.8 Å². The van der Waals surface area contributed by atoms with Crippen molar-refractivity contribution in [1.29, 1.82) is 0 Å². The lowest BCUT2D eigenvalue weighted by Crippen LogP contribution is -2.48. The van der Waals surface area contributed by atoms with Crippen LogP contribution in [0.3, 0.4) is 0 Å². The Morgan fingerprint density at radius 2 is 2.12 bits per heavy atom. The number of amides is 1. The van der Waals surface area contributed by atoms with Crippen molar-refractivity contribution in [3.05, 3.63) is 46.8 Å². The molecule has 134 valence electrons. The molecule has 1 amide bonds. The van der Waals surface area contributed by atoms with Gasteiger partial charge in [-0.05, 0) is 38.8 Å². The number of aryl methyl sites for hydroxylation is 3. The zero-order valence-corrected chi connectivity index (χ0v) is 15.3. The number of ether oxygens (including phenoxy) is 1. The van der Waals surface area contributed by atoms with Gasteiger partial charge in [0.1, 0.15) is 0 Å². The molecule has 1 aromatic carbocycles. The molecule has 2 N–H and O–H groups in total. The van der Waals surface area contributed by atoms with Gasteiger partial charge in [-0.1, -0.05) is 24.3 Å². The summed E-state index contributed by atoms with van der Waals surface area (Å²) in [5, 5.41) is 9.99. The van der Waals surface area contributed by atoms with E-state index < -0.39 is 0 Å². The van der Waals surface area contributed by atoms with Crippen LogP contribution in [0.4, 0.5) is 5.69 Å². The fourth-order valence-corrected chi connectivity index (χ4v) is 3.26. The smallest absolute Gasteiger partial charge is 0.238 e. The summed E-state index contributed by atoms with van der Waals surface area (Å²) in [6.45, 7) is 9.65. The van der Waals surface area contributed by atoms with Crippen LogP contribution in [0.5, 0.6) is 0 Å². The summed E-state index contributed by atoms with van der Waals surface area (Å²) < 4.78 is 6.02. The van der Waals surface area contributed by atoms with E-state index in [0.717, 1.165) is 17.1 Å². The van der Waals surface area contributed by atoms with E-state index in [2.05, 4.69) is 46.4 Å². The average Bonchev–Trinajstić information content (AvgIpc) is 2.89. The molecule has 0 aliphatic carbocycles. The van der Waals surface area contributed by atoms with Gasteiger partial charge >= 0.3 is 0 Å². The number of benzene rings is 1. The van der Waals surface area contributed by atoms with Gasteiger partial charge in [0.2, 0.25) is 5.91 Å². The van der Waals surface area contributed by atoms with E-state index in [1.165, 1.54) is 11.1 Å². The Balaban J connectivity index is 1.66. The molecule has 0 bridgehead atoms. The molecule has 0 radical (unpaired) electrons. The number of carbonyl (C=O) groups excluding carboxylic acids is 1. The second-order valence-corrected chi connectivity index (χ2v) is 6.81. The molecule has 2 atom stereocenters. The first-order valence-corrected chi connectivity index (χ1v) is 8.68. The number of aromatic amines is 1. The number of H-pyrrole nitrogens is 1. The summed E-state index contributed by atoms with van der Waals surface area (Å²) in [5.74, 6) is -0.0233. The standard InChI is InChI=1S/C19H26N4O2/c1-12-7-5-6-8-16(12)17-9-23(13(2)11-25-17)10-18(24)20-19-14(3)21-22-15(19)4/h5-8,13,17H,9-11H2,1-4H3,(H,20,24)(H,21,22)/t13-,17-/m1/s1. The lowest BCUT2D eigenvalue weighted by molar-refractivity contribution is -0.121. The number of rotatable bonds is 4. The molecule has 1 aliphatic rings. The quantitative estimate of drug-likeness (QED) is 0.896. The van der Waals surface area contributed by atoms with E-state index in [4.69, 9.17) is 4.74 Å². The van der Waals surface area contributed by atoms with E-state index in [-0.39, 0.29) is 18.1 Å². The molecule has 0 unspecified atom stereocenters. The second-order valence-electron chi connectivity index (χ2n) is 6.81. The zero-order chi connectivity index (χ0) is 18.0. The third-order valence-corrected chi connectivity index (χ3v) is 4.84. The summed E-state index contributed by atoms with van der Waals surface area (Å²) in [5.41, 5.74) is 4.87. The number of hydrogen-bond acceptors (Lipinski definition) is 4. The maximum atomic E-state index is 12.5. The van der Waals surface area contributed by atoms with Crippen molar-refractivity contribution < 1.29 is 9.53 Å². The first-order chi connectivity index (χ1) is 12.0. The minimum atomic E-state index is -0.0233. The predicted molar refractivity (Wildman–Crippen MR) is 97.6 cm³/mol. The fraction of sp³-hybridized carbons (Fsp3) is 0.474. The predicted octanol–water partition coefficient (Wildman–Crippen LogP) is 2.74. The molecule has 0 spiro atoms. The van der Waals surface area contributed by atoms with Crippen LogP contribution in [0.1, 0.15) is 35.5 Å². The Labute approximate surface area is 148 Å². The lowest BCUT2D eigenvalue weighted by Gasteiger charge is -2.38. The van der Waals surface area contributed by atoms with Crippen LogP contribution in [-0.4, -0.2) is 46.7 Å². The Morgan fingerprint density at radius 1 is 1.36 bits per heavy atom. The molecule has 1 fully saturated rings. The van der Waals surface area contributed by atoms with Crippen molar-refractivity contribution >= 4 is 11.6 Å². The Hall–Kier alpha value is -2.18. The zero-order valence-electron chi connectivity index (χ0n) is 15.3. The van der Waals surface area contributed by atoms with Crippen molar-refractivity contribution in [3.8, 4) is 0 Å². The van der Waals surface area contributed by atoms with E-state index in [0.29, 0.717) is 19.7 Å². The maximum absolute atomic E-state index is 12.5. The summed E-state index contributed by atoms with van der Waals surface area (Å²) >= 11 is 0. The second kappa shape index (κ2) is 7.37. The molecular weight excluding hydrogens is 316 g/mol. The number of hydrogen-bond donors (Lipinski definition) is 2. The van der Waals surface area contributed by atoms with Crippen molar-refractivity contribution in [1.82, 2.24) is 15.1 Å². The SMILES string of the molecule is Cc1ccccc1[C@H]1CN(CC(=O)Nc2c(C)n[nH]c2C)[C@H](C)CO1. The van der Waals surface area contributed by atoms with Crippen molar-refractivity contribution in [2.24, 2.45) is 0 Å². The summed E-state index contributed by atoms with van der Waals surface area (Å²) in [4.78, 5) is 14.7. The first-order valence-electron chi connectivity index (χ1n) is 8.68. The molecular formula is C19H26N4O2. The molecule has 25 heavy (non-hydrogen) atoms. The van der Waals surface area contributed by atoms with Gasteiger partial charge in [0, 0.05) is 12.6 Å². The highest BCUT2D eigenvalue weighted by atomic mass is 16.5. The molecule has 1 saturated heterocycles. The van der Waals surface area contributed by atoms with Gasteiger partial charge in [-0.15, -0.1) is 0 Å². The van der Waals surface area contributed by atoms with Crippen molar-refractivity contribution in [2.45, 2.75) is 39.8 Å². The van der Waals surface area contributed by atoms with Crippen LogP contribution in [0.15, 0.2) is 24.3 Å². The molecule has 3 rings (SSSR count). The summed E-state index contributed by atoms with van der Waals surface area (Å²) in [6.07, 6.45) is 0.00241. The third-order valence-electron chi connectivity index (χ3n) is 4.84. The number of carbonyl (C=O) groups is 1. The summed E-state index contributed by atoms with van der Waals surface area (Å²) in [7, 11) is 0. The average molecular weight is 342 g/mol. The molecule has 0 saturated carbocycles. The monoisotopic (exact) mass is 342 g/mol. The van der Waals surface area contributed by atoms with Crippen LogP contribution >= 0.6 is 0 Å². The molecule has 1 aromatic heterocycles. The van der Waals surface area contributed by atoms with E-state index in [9.17, 15) is 4.79 Å². The van der Waals surface area contributed by atoms with Gasteiger partial charge in [0.05, 0.1) is 36.3 Å². The molecule has 2 aromatic rings. The number of nitrogens with zero attached hydrogens (tertiary/aromatic N) is 2. The Bertz CT molecular complexity index is 736. The Kier molecular flexibility index (Phi) is 5.20. The normalized spacial score (nSPS) is 21.3. The van der Waals surface area contributed by atoms with Gasteiger partial charge in [-0.3, -0.25) is 14.8 Å². The van der Waals surface area contributed by atoms with Crippen LogP contribution in [-0.2, 0) is 9.53 Å². The van der Waals surface area contributed by atoms with E-state index in [1.54, 1.807) is 0 Å². The maximum Gasteiger partial charge on any atom is 0.238 e. The van der Waals surface area contributed by atoms with Gasteiger partial charge in [0.15, 0.2) is 0 Å². The van der Waals surface area contributed by atoms with Crippen molar-refractivity contribution in [3.63, 3.8) is 0 Å². The molecule has 6 nitrogen and oxygen atoms in total.